The molecule has 0 bridgehead atoms. The first-order valence-corrected chi connectivity index (χ1v) is 9.99. The van der Waals surface area contributed by atoms with Gasteiger partial charge in [0.25, 0.3) is 5.91 Å². The molecule has 1 aliphatic rings. The molecule has 0 radical (unpaired) electrons. The molecule has 3 aromatic heterocycles. The van der Waals surface area contributed by atoms with Gasteiger partial charge in [-0.05, 0) is 18.2 Å². The number of nitrogens with zero attached hydrogens (tertiary/aromatic N) is 5. The first-order valence-electron chi connectivity index (χ1n) is 9.99. The molecule has 10 nitrogen and oxygen atoms in total. The van der Waals surface area contributed by atoms with Crippen LogP contribution in [0.1, 0.15) is 16.1 Å². The monoisotopic (exact) mass is 428 g/mol. The Kier molecular flexibility index (Phi) is 4.86. The van der Waals surface area contributed by atoms with Gasteiger partial charge in [-0.3, -0.25) is 9.48 Å². The number of pyridine rings is 1. The van der Waals surface area contributed by atoms with Crippen LogP contribution in [0, 0.1) is 0 Å². The van der Waals surface area contributed by atoms with Crippen molar-refractivity contribution in [1.29, 1.82) is 0 Å². The predicted octanol–water partition coefficient (Wildman–Crippen LogP) is 2.79. The Morgan fingerprint density at radius 3 is 2.81 bits per heavy atom. The third-order valence-electron chi connectivity index (χ3n) is 5.16. The zero-order chi connectivity index (χ0) is 22.1. The summed E-state index contributed by atoms with van der Waals surface area (Å²) in [5.74, 6) is 1.13. The maximum Gasteiger partial charge on any atom is 0.254 e. The summed E-state index contributed by atoms with van der Waals surface area (Å²) >= 11 is 0. The topological polar surface area (TPSA) is 133 Å². The summed E-state index contributed by atoms with van der Waals surface area (Å²) in [4.78, 5) is 24.9. The highest BCUT2D eigenvalue weighted by Crippen LogP contribution is 2.41. The van der Waals surface area contributed by atoms with E-state index in [4.69, 9.17) is 10.5 Å². The molecule has 0 unspecified atom stereocenters. The Morgan fingerprint density at radius 1 is 1.09 bits per heavy atom. The van der Waals surface area contributed by atoms with Crippen molar-refractivity contribution in [2.45, 2.75) is 6.42 Å². The van der Waals surface area contributed by atoms with E-state index in [9.17, 15) is 4.79 Å². The fraction of sp³-hybridized carbons (Fsp3) is 0.136. The van der Waals surface area contributed by atoms with Crippen LogP contribution in [0.2, 0.25) is 0 Å². The summed E-state index contributed by atoms with van der Waals surface area (Å²) in [6.07, 6.45) is 5.60. The molecule has 1 aromatic carbocycles. The fourth-order valence-electron chi connectivity index (χ4n) is 3.63. The summed E-state index contributed by atoms with van der Waals surface area (Å²) in [5.41, 5.74) is 9.41. The van der Waals surface area contributed by atoms with Gasteiger partial charge in [0.2, 0.25) is 5.95 Å². The maximum atomic E-state index is 12.0. The molecule has 160 valence electrons. The second-order valence-corrected chi connectivity index (χ2v) is 7.19. The van der Waals surface area contributed by atoms with Gasteiger partial charge in [-0.1, -0.05) is 18.2 Å². The molecule has 0 spiro atoms. The number of fused-ring (bicyclic) bond motifs is 3. The number of amides is 1. The number of nitrogens with two attached hydrogens (primary N) is 1. The molecule has 4 heterocycles. The summed E-state index contributed by atoms with van der Waals surface area (Å²) < 4.78 is 7.95. The number of carbonyl (C=O) groups excluding carboxylic acids is 1. The second kappa shape index (κ2) is 7.99. The highest BCUT2D eigenvalue weighted by atomic mass is 16.5. The Hall–Kier alpha value is -4.47. The smallest absolute Gasteiger partial charge is 0.254 e. The van der Waals surface area contributed by atoms with Gasteiger partial charge < -0.3 is 21.1 Å². The van der Waals surface area contributed by atoms with E-state index in [-0.39, 0.29) is 17.3 Å². The summed E-state index contributed by atoms with van der Waals surface area (Å²) in [6, 6.07) is 11.2. The molecule has 0 fully saturated rings. The minimum Gasteiger partial charge on any atom is -0.490 e. The lowest BCUT2D eigenvalue weighted by atomic mass is 10.0. The zero-order valence-electron chi connectivity index (χ0n) is 17.2. The van der Waals surface area contributed by atoms with E-state index in [0.717, 1.165) is 23.2 Å². The van der Waals surface area contributed by atoms with Crippen molar-refractivity contribution in [1.82, 2.24) is 24.7 Å². The van der Waals surface area contributed by atoms with Crippen molar-refractivity contribution >= 4 is 29.2 Å². The predicted molar refractivity (Wildman–Crippen MR) is 119 cm³/mol. The summed E-state index contributed by atoms with van der Waals surface area (Å²) in [7, 11) is 1.92. The van der Waals surface area contributed by atoms with E-state index in [1.165, 1.54) is 6.20 Å². The highest BCUT2D eigenvalue weighted by Gasteiger charge is 2.22. The molecule has 5 rings (SSSR count). The Balaban J connectivity index is 1.54. The number of aryl methyl sites for hydroxylation is 1. The van der Waals surface area contributed by atoms with Gasteiger partial charge in [-0.2, -0.15) is 10.1 Å². The van der Waals surface area contributed by atoms with Crippen molar-refractivity contribution in [3.05, 3.63) is 66.2 Å². The number of benzene rings is 1. The van der Waals surface area contributed by atoms with Crippen LogP contribution in [0.4, 0.5) is 23.3 Å². The van der Waals surface area contributed by atoms with Crippen molar-refractivity contribution in [3.63, 3.8) is 0 Å². The number of para-hydroxylation sites is 1. The Morgan fingerprint density at radius 2 is 2.00 bits per heavy atom. The minimum absolute atomic E-state index is 0.157. The van der Waals surface area contributed by atoms with Crippen molar-refractivity contribution < 1.29 is 9.53 Å². The van der Waals surface area contributed by atoms with Gasteiger partial charge in [-0.25, -0.2) is 9.97 Å². The number of aromatic nitrogens is 5. The van der Waals surface area contributed by atoms with Crippen LogP contribution in [0.15, 0.2) is 55.0 Å². The summed E-state index contributed by atoms with van der Waals surface area (Å²) in [5, 5.41) is 10.6. The van der Waals surface area contributed by atoms with Crippen LogP contribution in [-0.2, 0) is 13.5 Å². The van der Waals surface area contributed by atoms with Crippen LogP contribution in [0.5, 0.6) is 5.75 Å². The lowest BCUT2D eigenvalue weighted by Crippen LogP contribution is -2.16. The van der Waals surface area contributed by atoms with E-state index >= 15 is 0 Å². The number of rotatable bonds is 5. The lowest BCUT2D eigenvalue weighted by Gasteiger charge is -2.16. The first-order chi connectivity index (χ1) is 15.6. The number of ether oxygens (including phenoxy) is 1. The second-order valence-electron chi connectivity index (χ2n) is 7.19. The Labute approximate surface area is 183 Å². The number of carbonyl (C=O) groups is 1. The third kappa shape index (κ3) is 3.58. The number of anilines is 4. The normalized spacial score (nSPS) is 12.2. The van der Waals surface area contributed by atoms with Gasteiger partial charge in [0.15, 0.2) is 5.75 Å². The average molecular weight is 428 g/mol. The molecule has 1 aliphatic heterocycles. The Bertz CT molecular complexity index is 1300. The van der Waals surface area contributed by atoms with E-state index in [0.29, 0.717) is 23.9 Å². The van der Waals surface area contributed by atoms with Gasteiger partial charge in [0.05, 0.1) is 18.5 Å². The largest absolute Gasteiger partial charge is 0.490 e. The van der Waals surface area contributed by atoms with Crippen LogP contribution in [-0.4, -0.2) is 37.2 Å². The van der Waals surface area contributed by atoms with Gasteiger partial charge in [0.1, 0.15) is 17.2 Å². The number of nitrogens with one attached hydrogen (secondary N) is 2. The molecule has 0 atom stereocenters. The number of hydrogen-bond donors (Lipinski definition) is 3. The number of hydrogen-bond acceptors (Lipinski definition) is 8. The van der Waals surface area contributed by atoms with Gasteiger partial charge in [0, 0.05) is 42.7 Å². The number of primary amides is 1. The van der Waals surface area contributed by atoms with E-state index < -0.39 is 5.91 Å². The van der Waals surface area contributed by atoms with Gasteiger partial charge >= 0.3 is 0 Å². The molecular weight excluding hydrogens is 408 g/mol. The molecule has 32 heavy (non-hydrogen) atoms. The molecule has 1 amide bonds. The standard InChI is InChI=1S/C22H20N8O2/c1-30-17-8-10-32-19-13(14(17)12-26-30)5-4-6-16(19)27-21-15(20(23)31)11-25-22(29-21)28-18-7-2-3-9-24-18/h2-7,9,11-12H,8,10H2,1H3,(H2,23,31)(H2,24,25,27,28,29). The molecule has 0 saturated carbocycles. The van der Waals surface area contributed by atoms with Crippen LogP contribution < -0.4 is 21.1 Å². The minimum atomic E-state index is -0.644. The van der Waals surface area contributed by atoms with Crippen LogP contribution in [0.25, 0.3) is 11.1 Å². The molecule has 0 saturated heterocycles. The molecule has 10 heteroatoms. The van der Waals surface area contributed by atoms with Crippen molar-refractivity contribution in [2.24, 2.45) is 12.8 Å². The quantitative estimate of drug-likeness (QED) is 0.442. The van der Waals surface area contributed by atoms with Crippen LogP contribution >= 0.6 is 0 Å². The molecule has 4 aromatic rings. The third-order valence-corrected chi connectivity index (χ3v) is 5.16. The van der Waals surface area contributed by atoms with E-state index in [1.807, 2.05) is 48.3 Å². The first kappa shape index (κ1) is 19.5. The highest BCUT2D eigenvalue weighted by molar-refractivity contribution is 5.98. The van der Waals surface area contributed by atoms with E-state index in [1.54, 1.807) is 12.3 Å². The fourth-order valence-corrected chi connectivity index (χ4v) is 3.63. The van der Waals surface area contributed by atoms with Gasteiger partial charge in [-0.15, -0.1) is 0 Å². The molecule has 4 N–H and O–H groups in total. The molecule has 0 aliphatic carbocycles. The maximum absolute atomic E-state index is 12.0. The van der Waals surface area contributed by atoms with Crippen molar-refractivity contribution in [3.8, 4) is 16.9 Å². The lowest BCUT2D eigenvalue weighted by molar-refractivity contribution is 0.100. The van der Waals surface area contributed by atoms with E-state index in [2.05, 4.69) is 30.7 Å². The SMILES string of the molecule is Cn1ncc2c1CCOc1c(Nc3nc(Nc4ccccn4)ncc3C(N)=O)cccc1-2. The summed E-state index contributed by atoms with van der Waals surface area (Å²) in [6.45, 7) is 0.497. The zero-order valence-corrected chi connectivity index (χ0v) is 17.2. The molecular formula is C22H20N8O2. The van der Waals surface area contributed by atoms with Crippen molar-refractivity contribution in [2.75, 3.05) is 17.2 Å². The average Bonchev–Trinajstić information content (AvgIpc) is 3.04. The van der Waals surface area contributed by atoms with Crippen LogP contribution in [0.3, 0.4) is 0 Å².